The van der Waals surface area contributed by atoms with Gasteiger partial charge in [-0.25, -0.2) is 0 Å². The third kappa shape index (κ3) is 6.20. The number of aromatic nitrogens is 4. The van der Waals surface area contributed by atoms with E-state index in [1.807, 2.05) is 108 Å². The van der Waals surface area contributed by atoms with Crippen LogP contribution in [0.2, 0.25) is 10.0 Å². The fraction of sp³-hybridized carbons (Fsp3) is 0.182. The fourth-order valence-electron chi connectivity index (χ4n) is 4.94. The molecular weight excluding hydrogens is 555 g/mol. The Morgan fingerprint density at radius 1 is 0.756 bits per heavy atom. The molecule has 0 aliphatic carbocycles. The highest BCUT2D eigenvalue weighted by Gasteiger charge is 2.15. The molecular formula is C33H30Cl2N4O2. The second-order valence-corrected chi connectivity index (χ2v) is 10.9. The molecule has 0 aliphatic heterocycles. The average molecular weight is 586 g/mol. The van der Waals surface area contributed by atoms with E-state index in [2.05, 4.69) is 10.2 Å². The van der Waals surface area contributed by atoms with Crippen LogP contribution < -0.4 is 0 Å². The number of aliphatic hydroxyl groups excluding tert-OH is 1. The van der Waals surface area contributed by atoms with Crippen LogP contribution in [0.1, 0.15) is 51.5 Å². The number of carbonyl (C=O) groups is 1. The minimum atomic E-state index is -0.581. The quantitative estimate of drug-likeness (QED) is 0.201. The molecule has 41 heavy (non-hydrogen) atoms. The van der Waals surface area contributed by atoms with E-state index >= 15 is 0 Å². The van der Waals surface area contributed by atoms with E-state index in [4.69, 9.17) is 23.2 Å². The number of hydrogen-bond donors (Lipinski definition) is 1. The van der Waals surface area contributed by atoms with Crippen LogP contribution in [0.25, 0.3) is 21.8 Å². The molecule has 6 nitrogen and oxygen atoms in total. The van der Waals surface area contributed by atoms with E-state index < -0.39 is 6.10 Å². The molecule has 0 bridgehead atoms. The molecule has 1 atom stereocenters. The maximum atomic E-state index is 11.1. The third-order valence-electron chi connectivity index (χ3n) is 7.13. The highest BCUT2D eigenvalue weighted by Crippen LogP contribution is 2.25. The molecule has 4 aromatic carbocycles. The van der Waals surface area contributed by atoms with E-state index in [1.165, 1.54) is 5.56 Å². The number of para-hydroxylation sites is 2. The third-order valence-corrected chi connectivity index (χ3v) is 7.60. The number of rotatable bonds is 6. The number of aldehydes is 1. The first-order valence-electron chi connectivity index (χ1n) is 13.3. The molecule has 1 unspecified atom stereocenters. The minimum absolute atomic E-state index is 0.479. The van der Waals surface area contributed by atoms with Gasteiger partial charge in [0.05, 0.1) is 35.9 Å². The van der Waals surface area contributed by atoms with Crippen molar-refractivity contribution in [3.8, 4) is 0 Å². The van der Waals surface area contributed by atoms with Crippen molar-refractivity contribution >= 4 is 51.3 Å². The summed E-state index contributed by atoms with van der Waals surface area (Å²) in [5, 5.41) is 22.2. The van der Waals surface area contributed by atoms with Gasteiger partial charge in [-0.05, 0) is 79.4 Å². The summed E-state index contributed by atoms with van der Waals surface area (Å²) in [5.74, 6) is 0. The summed E-state index contributed by atoms with van der Waals surface area (Å²) >= 11 is 12.0. The lowest BCUT2D eigenvalue weighted by Crippen LogP contribution is -2.04. The van der Waals surface area contributed by atoms with Crippen LogP contribution in [0.5, 0.6) is 0 Å². The number of halogens is 2. The SMILES string of the molecule is Cc1cc(Cl)ccc1Cn1nc(C(C)O)c2ccccc21.Cc1cc(Cl)ccc1Cn1nc(C=O)c2ccccc21. The molecule has 2 aromatic heterocycles. The number of benzene rings is 4. The van der Waals surface area contributed by atoms with Gasteiger partial charge in [0.25, 0.3) is 0 Å². The van der Waals surface area contributed by atoms with Gasteiger partial charge in [0.1, 0.15) is 5.69 Å². The molecule has 0 fully saturated rings. The smallest absolute Gasteiger partial charge is 0.170 e. The molecule has 8 heteroatoms. The summed E-state index contributed by atoms with van der Waals surface area (Å²) in [7, 11) is 0. The molecule has 0 aliphatic rings. The van der Waals surface area contributed by atoms with Gasteiger partial charge in [-0.15, -0.1) is 0 Å². The van der Waals surface area contributed by atoms with Crippen LogP contribution in [0.15, 0.2) is 84.9 Å². The first-order valence-corrected chi connectivity index (χ1v) is 14.0. The Morgan fingerprint density at radius 2 is 1.24 bits per heavy atom. The lowest BCUT2D eigenvalue weighted by molar-refractivity contribution is 0.111. The van der Waals surface area contributed by atoms with Crippen molar-refractivity contribution in [3.63, 3.8) is 0 Å². The lowest BCUT2D eigenvalue weighted by atomic mass is 10.1. The zero-order chi connectivity index (χ0) is 29.1. The van der Waals surface area contributed by atoms with Crippen LogP contribution in [0.4, 0.5) is 0 Å². The van der Waals surface area contributed by atoms with E-state index in [1.54, 1.807) is 6.92 Å². The Morgan fingerprint density at radius 3 is 1.76 bits per heavy atom. The summed E-state index contributed by atoms with van der Waals surface area (Å²) < 4.78 is 3.79. The Kier molecular flexibility index (Phi) is 8.54. The second-order valence-electron chi connectivity index (χ2n) is 10.1. The van der Waals surface area contributed by atoms with Gasteiger partial charge >= 0.3 is 0 Å². The summed E-state index contributed by atoms with van der Waals surface area (Å²) in [6.45, 7) is 7.09. The average Bonchev–Trinajstić information content (AvgIpc) is 3.51. The monoisotopic (exact) mass is 584 g/mol. The van der Waals surface area contributed by atoms with Crippen molar-refractivity contribution in [2.24, 2.45) is 0 Å². The van der Waals surface area contributed by atoms with Crippen molar-refractivity contribution in [2.75, 3.05) is 0 Å². The zero-order valence-corrected chi connectivity index (χ0v) is 24.6. The number of aryl methyl sites for hydroxylation is 2. The highest BCUT2D eigenvalue weighted by atomic mass is 35.5. The molecule has 0 saturated carbocycles. The van der Waals surface area contributed by atoms with Crippen LogP contribution >= 0.6 is 23.2 Å². The maximum absolute atomic E-state index is 11.1. The molecule has 1 N–H and O–H groups in total. The Hall–Kier alpha value is -3.97. The van der Waals surface area contributed by atoms with E-state index in [0.29, 0.717) is 18.8 Å². The van der Waals surface area contributed by atoms with Crippen LogP contribution in [-0.4, -0.2) is 31.0 Å². The van der Waals surface area contributed by atoms with Gasteiger partial charge in [-0.1, -0.05) is 71.7 Å². The Balaban J connectivity index is 0.000000165. The molecule has 0 amide bonds. The van der Waals surface area contributed by atoms with Gasteiger partial charge in [-0.3, -0.25) is 14.2 Å². The molecule has 0 radical (unpaired) electrons. The summed E-state index contributed by atoms with van der Waals surface area (Å²) in [4.78, 5) is 11.1. The number of aliphatic hydroxyl groups is 1. The van der Waals surface area contributed by atoms with E-state index in [0.717, 1.165) is 60.5 Å². The number of fused-ring (bicyclic) bond motifs is 2. The van der Waals surface area contributed by atoms with Crippen molar-refractivity contribution in [3.05, 3.63) is 129 Å². The highest BCUT2D eigenvalue weighted by molar-refractivity contribution is 6.30. The minimum Gasteiger partial charge on any atom is -0.387 e. The van der Waals surface area contributed by atoms with Gasteiger partial charge in [0.15, 0.2) is 6.29 Å². The van der Waals surface area contributed by atoms with Gasteiger partial charge in [0, 0.05) is 20.8 Å². The number of nitrogens with zero attached hydrogens (tertiary/aromatic N) is 4. The van der Waals surface area contributed by atoms with Crippen molar-refractivity contribution in [2.45, 2.75) is 40.0 Å². The van der Waals surface area contributed by atoms with E-state index in [9.17, 15) is 9.90 Å². The Labute approximate surface area is 248 Å². The second kappa shape index (κ2) is 12.3. The van der Waals surface area contributed by atoms with E-state index in [-0.39, 0.29) is 0 Å². The maximum Gasteiger partial charge on any atom is 0.170 e. The summed E-state index contributed by atoms with van der Waals surface area (Å²) in [6.07, 6.45) is 0.218. The molecule has 0 saturated heterocycles. The van der Waals surface area contributed by atoms with Crippen molar-refractivity contribution in [1.29, 1.82) is 0 Å². The van der Waals surface area contributed by atoms with Gasteiger partial charge in [-0.2, -0.15) is 10.2 Å². The number of carbonyl (C=O) groups excluding carboxylic acids is 1. The van der Waals surface area contributed by atoms with Gasteiger partial charge in [0.2, 0.25) is 0 Å². The first kappa shape index (κ1) is 28.6. The van der Waals surface area contributed by atoms with Crippen LogP contribution in [0, 0.1) is 13.8 Å². The molecule has 0 spiro atoms. The Bertz CT molecular complexity index is 1860. The number of hydrogen-bond acceptors (Lipinski definition) is 4. The fourth-order valence-corrected chi connectivity index (χ4v) is 5.39. The largest absolute Gasteiger partial charge is 0.387 e. The molecule has 208 valence electrons. The molecule has 6 aromatic rings. The van der Waals surface area contributed by atoms with Crippen molar-refractivity contribution in [1.82, 2.24) is 19.6 Å². The zero-order valence-electron chi connectivity index (χ0n) is 23.1. The van der Waals surface area contributed by atoms with Crippen LogP contribution in [0.3, 0.4) is 0 Å². The molecule has 2 heterocycles. The first-order chi connectivity index (χ1) is 19.7. The summed E-state index contributed by atoms with van der Waals surface area (Å²) in [5.41, 5.74) is 7.76. The summed E-state index contributed by atoms with van der Waals surface area (Å²) in [6, 6.07) is 27.4. The standard InChI is InChI=1S/C17H17ClN2O.C16H13ClN2O/c1-11-9-14(18)8-7-13(11)10-20-16-6-4-3-5-15(16)17(19-20)12(2)21;1-11-8-13(17)7-6-12(11)9-19-16-5-3-2-4-14(16)15(10-20)18-19/h3-9,12,21H,10H2,1-2H3;2-8,10H,9H2,1H3. The van der Waals surface area contributed by atoms with Gasteiger partial charge < -0.3 is 5.11 Å². The van der Waals surface area contributed by atoms with Crippen molar-refractivity contribution < 1.29 is 9.90 Å². The lowest BCUT2D eigenvalue weighted by Gasteiger charge is -2.08. The molecule has 6 rings (SSSR count). The predicted molar refractivity (Wildman–Crippen MR) is 166 cm³/mol. The predicted octanol–water partition coefficient (Wildman–Crippen LogP) is 7.96. The van der Waals surface area contributed by atoms with Crippen LogP contribution in [-0.2, 0) is 13.1 Å². The normalized spacial score (nSPS) is 11.9. The topological polar surface area (TPSA) is 72.9 Å².